The maximum atomic E-state index is 12.8. The monoisotopic (exact) mass is 1100 g/mol. The molecule has 5 aliphatic rings. The van der Waals surface area contributed by atoms with Crippen LogP contribution in [0.1, 0.15) is 99.9 Å². The van der Waals surface area contributed by atoms with Crippen molar-refractivity contribution in [2.75, 3.05) is 52.9 Å². The van der Waals surface area contributed by atoms with Gasteiger partial charge >= 0.3 is 0 Å². The lowest BCUT2D eigenvalue weighted by atomic mass is 9.95. The number of phenolic OH excluding ortho intramolecular Hbond substituents is 2. The summed E-state index contributed by atoms with van der Waals surface area (Å²) in [6.07, 6.45) is 0. The number of fused-ring (bicyclic) bond motifs is 20. The first kappa shape index (κ1) is 52.0. The Hall–Kier alpha value is -9.39. The van der Waals surface area contributed by atoms with E-state index < -0.39 is 5.85 Å². The lowest BCUT2D eigenvalue weighted by Gasteiger charge is -2.27. The second kappa shape index (κ2) is 20.6. The molecule has 414 valence electrons. The Bertz CT molecular complexity index is 4280. The highest BCUT2D eigenvalue weighted by Gasteiger charge is 2.51. The van der Waals surface area contributed by atoms with Gasteiger partial charge in [0.2, 0.25) is 0 Å². The summed E-state index contributed by atoms with van der Waals surface area (Å²) in [5, 5.41) is 32.2. The van der Waals surface area contributed by atoms with Gasteiger partial charge in [0, 0.05) is 49.7 Å². The third-order valence-corrected chi connectivity index (χ3v) is 14.7. The summed E-state index contributed by atoms with van der Waals surface area (Å²) >= 11 is 0. The molecular weight excluding hydrogens is 1040 g/mol. The van der Waals surface area contributed by atoms with Crippen LogP contribution in [-0.4, -0.2) is 109 Å². The van der Waals surface area contributed by atoms with Gasteiger partial charge in [-0.2, -0.15) is 5.06 Å². The van der Waals surface area contributed by atoms with Gasteiger partial charge in [0.05, 0.1) is 90.8 Å². The van der Waals surface area contributed by atoms with Crippen molar-refractivity contribution in [3.8, 4) is 46.0 Å². The van der Waals surface area contributed by atoms with E-state index in [1.165, 1.54) is 5.06 Å². The van der Waals surface area contributed by atoms with Crippen molar-refractivity contribution >= 4 is 83.9 Å². The second-order valence-corrected chi connectivity index (χ2v) is 19.3. The van der Waals surface area contributed by atoms with Crippen molar-refractivity contribution in [2.45, 2.75) is 61.2 Å². The average molecular weight is 1100 g/mol. The van der Waals surface area contributed by atoms with Crippen LogP contribution in [0.15, 0.2) is 132 Å². The van der Waals surface area contributed by atoms with Gasteiger partial charge < -0.3 is 43.4 Å². The van der Waals surface area contributed by atoms with Gasteiger partial charge in [0.1, 0.15) is 46.0 Å². The fraction of sp³-hybridized carbons (Fsp3) is 0.266. The standard InChI is InChI=1S/C64H58N8O10/c1-9-75-51-35-27-19-17-25-33(35)49(73)41-43(51)60-66-57(41)65-58-42-45(53(77-11-3)36-28-20-18-26-34(36)50(42)74)62(68-58)72(82-16-8)63-46-44(52(76-10-2)37-29-21-22-30-38(37)54(46)78-12-4)59(69-63)67-61-47-48(64(70-60,71-61)81-15-7)56(80-14-6)40-32-24-23-31-39(40)55(47)79-13-5/h17-32,73-74H,9-16H2,1-8H3. The number of ether oxygens (including phenoxy) is 7. The van der Waals surface area contributed by atoms with Gasteiger partial charge in [-0.05, 0) is 55.4 Å². The third kappa shape index (κ3) is 7.64. The zero-order chi connectivity index (χ0) is 56.6. The highest BCUT2D eigenvalue weighted by molar-refractivity contribution is 6.38. The molecule has 0 saturated carbocycles. The van der Waals surface area contributed by atoms with Gasteiger partial charge in [-0.15, -0.1) is 0 Å². The lowest BCUT2D eigenvalue weighted by Crippen LogP contribution is -2.37. The van der Waals surface area contributed by atoms with E-state index in [2.05, 4.69) is 0 Å². The summed E-state index contributed by atoms with van der Waals surface area (Å²) in [4.78, 5) is 45.1. The van der Waals surface area contributed by atoms with Crippen molar-refractivity contribution in [1.29, 1.82) is 0 Å². The van der Waals surface area contributed by atoms with Gasteiger partial charge in [0.25, 0.3) is 5.85 Å². The zero-order valence-electron chi connectivity index (χ0n) is 46.6. The Balaban J connectivity index is 1.27. The van der Waals surface area contributed by atoms with E-state index in [9.17, 15) is 10.2 Å². The minimum absolute atomic E-state index is 0.00577. The van der Waals surface area contributed by atoms with Crippen LogP contribution < -0.4 is 28.4 Å². The summed E-state index contributed by atoms with van der Waals surface area (Å²) in [7, 11) is 0. The number of amidine groups is 7. The van der Waals surface area contributed by atoms with E-state index in [0.717, 1.165) is 16.2 Å². The van der Waals surface area contributed by atoms with E-state index in [0.29, 0.717) is 94.8 Å². The van der Waals surface area contributed by atoms with Crippen molar-refractivity contribution in [2.24, 2.45) is 34.9 Å². The van der Waals surface area contributed by atoms with Crippen LogP contribution in [-0.2, 0) is 15.4 Å². The SMILES string of the molecule is CCOc1c2c(c(O)c3ccccc13)C1=NC2=NC2(OCC)N=C(N=C3N=C(c4c3c(OCC)c3ccccc3c4OCC)N(OCC)C3=NC(=N1)c1c3c(OCC)c3ccccc3c1O)c1c2c(OCC)c2ccccc2c1OCC. The van der Waals surface area contributed by atoms with Gasteiger partial charge in [-0.3, -0.25) is 4.84 Å². The predicted octanol–water partition coefficient (Wildman–Crippen LogP) is 11.9. The molecule has 18 heteroatoms. The first-order valence-electron chi connectivity index (χ1n) is 27.9. The number of hydroxylamine groups is 2. The topological polar surface area (TPSA) is 204 Å². The molecule has 8 bridgehead atoms. The minimum Gasteiger partial charge on any atom is -0.507 e. The Morgan fingerprint density at radius 1 is 0.341 bits per heavy atom. The summed E-state index contributed by atoms with van der Waals surface area (Å²) in [5.41, 5.74) is 2.84. The number of aromatic hydroxyl groups is 2. The van der Waals surface area contributed by atoms with Crippen LogP contribution >= 0.6 is 0 Å². The maximum Gasteiger partial charge on any atom is 0.293 e. The normalized spacial score (nSPS) is 16.4. The van der Waals surface area contributed by atoms with Crippen LogP contribution in [0.4, 0.5) is 0 Å². The fourth-order valence-electron chi connectivity index (χ4n) is 11.8. The maximum absolute atomic E-state index is 12.8. The molecule has 18 nitrogen and oxygen atoms in total. The Kier molecular flexibility index (Phi) is 13.1. The molecule has 0 fully saturated rings. The van der Waals surface area contributed by atoms with Gasteiger partial charge in [0.15, 0.2) is 40.8 Å². The molecular formula is C64H58N8O10. The highest BCUT2D eigenvalue weighted by Crippen LogP contribution is 2.55. The number of hydrogen-bond donors (Lipinski definition) is 2. The van der Waals surface area contributed by atoms with Crippen LogP contribution in [0, 0.1) is 0 Å². The smallest absolute Gasteiger partial charge is 0.293 e. The van der Waals surface area contributed by atoms with Gasteiger partial charge in [-0.1, -0.05) is 97.1 Å². The summed E-state index contributed by atoms with van der Waals surface area (Å²) in [5.74, 6) is 0.997. The summed E-state index contributed by atoms with van der Waals surface area (Å²) in [6.45, 7) is 16.9. The zero-order valence-corrected chi connectivity index (χ0v) is 46.6. The molecule has 1 unspecified atom stereocenters. The van der Waals surface area contributed by atoms with Crippen LogP contribution in [0.3, 0.4) is 0 Å². The molecule has 8 aromatic rings. The largest absolute Gasteiger partial charge is 0.507 e. The summed E-state index contributed by atoms with van der Waals surface area (Å²) < 4.78 is 47.4. The molecule has 0 radical (unpaired) electrons. The first-order valence-corrected chi connectivity index (χ1v) is 27.9. The van der Waals surface area contributed by atoms with E-state index in [1.807, 2.05) is 146 Å². The van der Waals surface area contributed by atoms with E-state index in [-0.39, 0.29) is 116 Å². The van der Waals surface area contributed by atoms with Crippen LogP contribution in [0.5, 0.6) is 46.0 Å². The number of phenols is 2. The molecule has 8 aromatic carbocycles. The number of nitrogens with zero attached hydrogens (tertiary/aromatic N) is 8. The number of rotatable bonds is 16. The van der Waals surface area contributed by atoms with Crippen LogP contribution in [0.2, 0.25) is 0 Å². The van der Waals surface area contributed by atoms with Gasteiger partial charge in [-0.25, -0.2) is 34.9 Å². The Morgan fingerprint density at radius 3 is 1.10 bits per heavy atom. The molecule has 0 aliphatic carbocycles. The molecule has 0 spiro atoms. The second-order valence-electron chi connectivity index (χ2n) is 19.3. The minimum atomic E-state index is -2.03. The number of hydrogen-bond acceptors (Lipinski definition) is 18. The quantitative estimate of drug-likeness (QED) is 0.0931. The molecule has 5 aliphatic heterocycles. The van der Waals surface area contributed by atoms with Crippen molar-refractivity contribution in [1.82, 2.24) is 5.06 Å². The van der Waals surface area contributed by atoms with Crippen LogP contribution in [0.25, 0.3) is 43.1 Å². The predicted molar refractivity (Wildman–Crippen MR) is 319 cm³/mol. The fourth-order valence-corrected chi connectivity index (χ4v) is 11.8. The van der Waals surface area contributed by atoms with Crippen molar-refractivity contribution < 1.29 is 48.2 Å². The molecule has 82 heavy (non-hydrogen) atoms. The molecule has 5 heterocycles. The first-order chi connectivity index (χ1) is 40.2. The molecule has 2 N–H and O–H groups in total. The van der Waals surface area contributed by atoms with Crippen molar-refractivity contribution in [3.63, 3.8) is 0 Å². The third-order valence-electron chi connectivity index (χ3n) is 14.7. The molecule has 0 aromatic heterocycles. The molecule has 0 amide bonds. The Labute approximate surface area is 472 Å². The molecule has 0 saturated heterocycles. The molecule has 1 atom stereocenters. The van der Waals surface area contributed by atoms with E-state index >= 15 is 0 Å². The molecule has 13 rings (SSSR count). The van der Waals surface area contributed by atoms with Crippen molar-refractivity contribution in [3.05, 3.63) is 142 Å². The average Bonchev–Trinajstić information content (AvgIpc) is 2.33. The van der Waals surface area contributed by atoms with E-state index in [4.69, 9.17) is 72.9 Å². The Morgan fingerprint density at radius 2 is 0.659 bits per heavy atom. The number of benzene rings is 8. The lowest BCUT2D eigenvalue weighted by molar-refractivity contribution is -0.0327. The number of aliphatic imine (C=N–C) groups is 7. The van der Waals surface area contributed by atoms with E-state index in [1.54, 1.807) is 6.07 Å². The highest BCUT2D eigenvalue weighted by atomic mass is 16.7. The summed E-state index contributed by atoms with van der Waals surface area (Å²) in [6, 6.07) is 30.4.